The SMILES string of the molecule is CCOCCN(C)CCOc1cc(C(=O)N2CCc3ccccc3C2)nc(N2CCOCC2)n1. The van der Waals surface area contributed by atoms with Crippen LogP contribution in [-0.4, -0.2) is 98.5 Å². The third-order valence-electron chi connectivity index (χ3n) is 6.17. The van der Waals surface area contributed by atoms with Gasteiger partial charge in [0.15, 0.2) is 0 Å². The Bertz CT molecular complexity index is 951. The van der Waals surface area contributed by atoms with Gasteiger partial charge in [-0.2, -0.15) is 4.98 Å². The first kappa shape index (κ1) is 24.4. The molecule has 9 heteroatoms. The van der Waals surface area contributed by atoms with Crippen LogP contribution in [0.4, 0.5) is 5.95 Å². The van der Waals surface area contributed by atoms with Crippen molar-refractivity contribution >= 4 is 11.9 Å². The minimum absolute atomic E-state index is 0.0925. The molecule has 0 aliphatic carbocycles. The lowest BCUT2D eigenvalue weighted by atomic mass is 10.00. The van der Waals surface area contributed by atoms with Gasteiger partial charge in [-0.15, -0.1) is 0 Å². The average Bonchev–Trinajstić information content (AvgIpc) is 2.88. The molecule has 0 saturated carbocycles. The maximum absolute atomic E-state index is 13.4. The normalized spacial score (nSPS) is 16.0. The molecule has 0 unspecified atom stereocenters. The predicted molar refractivity (Wildman–Crippen MR) is 129 cm³/mol. The fourth-order valence-electron chi connectivity index (χ4n) is 4.11. The quantitative estimate of drug-likeness (QED) is 0.488. The molecular formula is C25H35N5O4. The first-order valence-corrected chi connectivity index (χ1v) is 12.1. The van der Waals surface area contributed by atoms with Crippen LogP contribution >= 0.6 is 0 Å². The number of hydrogen-bond acceptors (Lipinski definition) is 8. The minimum Gasteiger partial charge on any atom is -0.476 e. The molecule has 1 saturated heterocycles. The summed E-state index contributed by atoms with van der Waals surface area (Å²) in [4.78, 5) is 28.8. The van der Waals surface area contributed by atoms with Gasteiger partial charge >= 0.3 is 0 Å². The Morgan fingerprint density at radius 3 is 2.65 bits per heavy atom. The molecule has 0 spiro atoms. The Balaban J connectivity index is 1.46. The summed E-state index contributed by atoms with van der Waals surface area (Å²) >= 11 is 0. The Morgan fingerprint density at radius 1 is 1.09 bits per heavy atom. The van der Waals surface area contributed by atoms with Gasteiger partial charge in [0.05, 0.1) is 19.8 Å². The van der Waals surface area contributed by atoms with Crippen molar-refractivity contribution in [2.75, 3.05) is 77.7 Å². The van der Waals surface area contributed by atoms with Gasteiger partial charge in [0, 0.05) is 51.9 Å². The van der Waals surface area contributed by atoms with Crippen LogP contribution < -0.4 is 9.64 Å². The number of benzene rings is 1. The molecule has 1 fully saturated rings. The molecule has 0 N–H and O–H groups in total. The van der Waals surface area contributed by atoms with Gasteiger partial charge in [-0.3, -0.25) is 4.79 Å². The molecule has 3 heterocycles. The van der Waals surface area contributed by atoms with Crippen molar-refractivity contribution in [3.05, 3.63) is 47.2 Å². The van der Waals surface area contributed by atoms with Crippen molar-refractivity contribution in [1.29, 1.82) is 0 Å². The van der Waals surface area contributed by atoms with E-state index in [1.54, 1.807) is 6.07 Å². The van der Waals surface area contributed by atoms with Gasteiger partial charge in [-0.25, -0.2) is 4.98 Å². The molecule has 184 valence electrons. The van der Waals surface area contributed by atoms with E-state index in [0.717, 1.165) is 26.1 Å². The zero-order valence-corrected chi connectivity index (χ0v) is 20.2. The molecule has 4 rings (SSSR count). The highest BCUT2D eigenvalue weighted by Gasteiger charge is 2.25. The Morgan fingerprint density at radius 2 is 1.85 bits per heavy atom. The van der Waals surface area contributed by atoms with Crippen LogP contribution in [0.15, 0.2) is 30.3 Å². The first-order chi connectivity index (χ1) is 16.6. The van der Waals surface area contributed by atoms with E-state index in [1.165, 1.54) is 11.1 Å². The van der Waals surface area contributed by atoms with Crippen molar-refractivity contribution in [2.45, 2.75) is 19.9 Å². The first-order valence-electron chi connectivity index (χ1n) is 12.1. The molecule has 1 aromatic heterocycles. The second-order valence-electron chi connectivity index (χ2n) is 8.58. The zero-order chi connectivity index (χ0) is 23.8. The van der Waals surface area contributed by atoms with E-state index in [4.69, 9.17) is 14.2 Å². The van der Waals surface area contributed by atoms with Gasteiger partial charge in [-0.05, 0) is 31.5 Å². The number of morpholine rings is 1. The van der Waals surface area contributed by atoms with Crippen LogP contribution in [0, 0.1) is 0 Å². The minimum atomic E-state index is -0.0925. The molecule has 2 aromatic rings. The average molecular weight is 470 g/mol. The number of fused-ring (bicyclic) bond motifs is 1. The number of ether oxygens (including phenoxy) is 3. The lowest BCUT2D eigenvalue weighted by Gasteiger charge is -2.30. The summed E-state index contributed by atoms with van der Waals surface area (Å²) in [6.07, 6.45) is 0.848. The summed E-state index contributed by atoms with van der Waals surface area (Å²) in [7, 11) is 2.03. The summed E-state index contributed by atoms with van der Waals surface area (Å²) < 4.78 is 16.9. The summed E-state index contributed by atoms with van der Waals surface area (Å²) in [5, 5.41) is 0. The van der Waals surface area contributed by atoms with Gasteiger partial charge in [0.2, 0.25) is 11.8 Å². The van der Waals surface area contributed by atoms with Crippen molar-refractivity contribution in [3.63, 3.8) is 0 Å². The zero-order valence-electron chi connectivity index (χ0n) is 20.2. The van der Waals surface area contributed by atoms with Crippen molar-refractivity contribution in [3.8, 4) is 5.88 Å². The molecule has 34 heavy (non-hydrogen) atoms. The van der Waals surface area contributed by atoms with E-state index >= 15 is 0 Å². The van der Waals surface area contributed by atoms with Crippen LogP contribution in [0.1, 0.15) is 28.5 Å². The van der Waals surface area contributed by atoms with E-state index in [0.29, 0.717) is 70.1 Å². The van der Waals surface area contributed by atoms with Crippen LogP contribution in [0.2, 0.25) is 0 Å². The largest absolute Gasteiger partial charge is 0.476 e. The predicted octanol–water partition coefficient (Wildman–Crippen LogP) is 1.86. The van der Waals surface area contributed by atoms with E-state index in [-0.39, 0.29) is 5.91 Å². The molecular weight excluding hydrogens is 434 g/mol. The third kappa shape index (κ3) is 6.43. The molecule has 9 nitrogen and oxygen atoms in total. The molecule has 0 atom stereocenters. The maximum Gasteiger partial charge on any atom is 0.273 e. The molecule has 2 aliphatic rings. The number of carbonyl (C=O) groups excluding carboxylic acids is 1. The highest BCUT2D eigenvalue weighted by Crippen LogP contribution is 2.22. The summed E-state index contributed by atoms with van der Waals surface area (Å²) in [5.74, 6) is 0.854. The van der Waals surface area contributed by atoms with Gasteiger partial charge in [0.1, 0.15) is 12.3 Å². The summed E-state index contributed by atoms with van der Waals surface area (Å²) in [5.41, 5.74) is 2.87. The molecule has 1 aromatic carbocycles. The van der Waals surface area contributed by atoms with Crippen LogP contribution in [0.25, 0.3) is 0 Å². The van der Waals surface area contributed by atoms with Crippen molar-refractivity contribution in [2.24, 2.45) is 0 Å². The Hall–Kier alpha value is -2.75. The highest BCUT2D eigenvalue weighted by atomic mass is 16.5. The number of nitrogens with zero attached hydrogens (tertiary/aromatic N) is 5. The molecule has 0 radical (unpaired) electrons. The highest BCUT2D eigenvalue weighted by molar-refractivity contribution is 5.93. The number of anilines is 1. The lowest BCUT2D eigenvalue weighted by Crippen LogP contribution is -2.39. The standard InChI is InChI=1S/C25H35N5O4/c1-3-32-14-10-28(2)11-17-34-23-18-22(26-25(27-23)29-12-15-33-16-13-29)24(31)30-9-8-20-6-4-5-7-21(20)19-30/h4-7,18H,3,8-17,19H2,1-2H3. The smallest absolute Gasteiger partial charge is 0.273 e. The molecule has 1 amide bonds. The van der Waals surface area contributed by atoms with Gasteiger partial charge in [0.25, 0.3) is 5.91 Å². The monoisotopic (exact) mass is 469 g/mol. The number of rotatable bonds is 10. The molecule has 0 bridgehead atoms. The second-order valence-corrected chi connectivity index (χ2v) is 8.58. The Labute approximate surface area is 201 Å². The fourth-order valence-corrected chi connectivity index (χ4v) is 4.11. The summed E-state index contributed by atoms with van der Waals surface area (Å²) in [6, 6.07) is 9.96. The maximum atomic E-state index is 13.4. The topological polar surface area (TPSA) is 80.3 Å². The molecule has 2 aliphatic heterocycles. The third-order valence-corrected chi connectivity index (χ3v) is 6.17. The Kier molecular flexibility index (Phi) is 8.67. The lowest BCUT2D eigenvalue weighted by molar-refractivity contribution is 0.0727. The van der Waals surface area contributed by atoms with E-state index in [9.17, 15) is 4.79 Å². The van der Waals surface area contributed by atoms with Gasteiger partial charge < -0.3 is 28.9 Å². The number of carbonyl (C=O) groups is 1. The number of amides is 1. The number of likely N-dealkylation sites (N-methyl/N-ethyl adjacent to an activating group) is 1. The van der Waals surface area contributed by atoms with Crippen molar-refractivity contribution < 1.29 is 19.0 Å². The van der Waals surface area contributed by atoms with Crippen LogP contribution in [0.5, 0.6) is 5.88 Å². The second kappa shape index (κ2) is 12.1. The fraction of sp³-hybridized carbons (Fsp3) is 0.560. The van der Waals surface area contributed by atoms with E-state index < -0.39 is 0 Å². The van der Waals surface area contributed by atoms with Crippen LogP contribution in [0.3, 0.4) is 0 Å². The van der Waals surface area contributed by atoms with E-state index in [2.05, 4.69) is 27.0 Å². The van der Waals surface area contributed by atoms with Gasteiger partial charge in [-0.1, -0.05) is 24.3 Å². The number of hydrogen-bond donors (Lipinski definition) is 0. The van der Waals surface area contributed by atoms with Crippen molar-refractivity contribution in [1.82, 2.24) is 19.8 Å². The van der Waals surface area contributed by atoms with E-state index in [1.807, 2.05) is 35.9 Å². The van der Waals surface area contributed by atoms with Crippen LogP contribution in [-0.2, 0) is 22.4 Å². The number of aromatic nitrogens is 2. The summed E-state index contributed by atoms with van der Waals surface area (Å²) in [6.45, 7) is 9.31.